The largest absolute Gasteiger partial charge is 0.502 e. The van der Waals surface area contributed by atoms with Crippen LogP contribution in [-0.2, 0) is 32.9 Å². The summed E-state index contributed by atoms with van der Waals surface area (Å²) in [7, 11) is 1.36. The summed E-state index contributed by atoms with van der Waals surface area (Å²) in [6, 6.07) is 0.541. The van der Waals surface area contributed by atoms with Gasteiger partial charge in [0.2, 0.25) is 5.82 Å². The number of carboxylic acids is 1. The Morgan fingerprint density at radius 1 is 1.24 bits per heavy atom. The van der Waals surface area contributed by atoms with Gasteiger partial charge >= 0.3 is 11.9 Å². The van der Waals surface area contributed by atoms with Crippen LogP contribution in [0.25, 0.3) is 5.78 Å². The molecule has 21 nitrogen and oxygen atoms in total. The molecule has 3 amide bonds. The molecule has 6 heterocycles. The number of rotatable bonds is 11. The smallest absolute Gasteiger partial charge is 0.352 e. The molecule has 0 spiro atoms. The number of thiazole rings is 1. The maximum Gasteiger partial charge on any atom is 0.352 e. The molecule has 0 aromatic carbocycles. The number of aromatic nitrogens is 7. The predicted molar refractivity (Wildman–Crippen MR) is 174 cm³/mol. The highest BCUT2D eigenvalue weighted by Gasteiger charge is 2.54. The lowest BCUT2D eigenvalue weighted by atomic mass is 10.0. The van der Waals surface area contributed by atoms with E-state index in [1.54, 1.807) is 13.0 Å². The molecule has 0 saturated carbocycles. The lowest BCUT2D eigenvalue weighted by Gasteiger charge is -2.49. The summed E-state index contributed by atoms with van der Waals surface area (Å²) >= 11 is 3.45. The molecule has 260 valence electrons. The van der Waals surface area contributed by atoms with E-state index in [0.29, 0.717) is 16.3 Å². The standard InChI is InChI=1S/C26H24N12O9S3/c1-9-3-14(38-26(29-9)32-18(33-38)20(41)34-46)48-6-10-7-49-23-16(22(43)37(23)17(10)24(44)45)31-19(40)15(11-8-50-25(27)30-11)35-47-5-13-28-4-12(39)21(42)36(13)2/h3-4,8,16,23,39,46H,5-7H2,1-2H3,(H2,27,30)(H,31,40)(H,34,41)(H,44,45)/t16-,23-/m1/s1. The molecule has 2 aliphatic heterocycles. The van der Waals surface area contributed by atoms with Crippen LogP contribution in [0.5, 0.6) is 5.75 Å². The summed E-state index contributed by atoms with van der Waals surface area (Å²) in [4.78, 5) is 85.7. The molecule has 7 N–H and O–H groups in total. The monoisotopic (exact) mass is 744 g/mol. The molecule has 4 aromatic heterocycles. The molecule has 1 saturated heterocycles. The minimum absolute atomic E-state index is 0.0415. The Morgan fingerprint density at radius 2 is 2.02 bits per heavy atom. The number of anilines is 1. The zero-order chi connectivity index (χ0) is 35.9. The third-order valence-corrected chi connectivity index (χ3v) is 10.3. The van der Waals surface area contributed by atoms with Gasteiger partial charge in [0, 0.05) is 29.6 Å². The molecule has 0 aliphatic carbocycles. The van der Waals surface area contributed by atoms with Crippen LogP contribution >= 0.6 is 34.9 Å². The zero-order valence-corrected chi connectivity index (χ0v) is 28.1. The van der Waals surface area contributed by atoms with Crippen molar-refractivity contribution in [3.8, 4) is 5.75 Å². The number of nitrogens with zero attached hydrogens (tertiary/aromatic N) is 9. The van der Waals surface area contributed by atoms with Crippen molar-refractivity contribution < 1.29 is 39.4 Å². The van der Waals surface area contributed by atoms with Crippen LogP contribution in [0.1, 0.15) is 27.8 Å². The maximum absolute atomic E-state index is 13.5. The molecule has 6 rings (SSSR count). The first-order chi connectivity index (χ1) is 23.9. The van der Waals surface area contributed by atoms with Crippen molar-refractivity contribution in [3.63, 3.8) is 0 Å². The third-order valence-electron chi connectivity index (χ3n) is 7.22. The van der Waals surface area contributed by atoms with Crippen molar-refractivity contribution in [1.82, 2.24) is 49.8 Å². The van der Waals surface area contributed by atoms with Crippen LogP contribution < -0.4 is 22.1 Å². The van der Waals surface area contributed by atoms with Gasteiger partial charge in [-0.25, -0.2) is 25.2 Å². The molecule has 4 aromatic rings. The first-order valence-electron chi connectivity index (χ1n) is 14.1. The van der Waals surface area contributed by atoms with Crippen molar-refractivity contribution in [2.75, 3.05) is 17.2 Å². The van der Waals surface area contributed by atoms with Crippen LogP contribution in [0.15, 0.2) is 43.9 Å². The van der Waals surface area contributed by atoms with Crippen LogP contribution in [0, 0.1) is 6.92 Å². The molecular formula is C26H24N12O9S3. The van der Waals surface area contributed by atoms with Gasteiger partial charge < -0.3 is 26.1 Å². The molecular weight excluding hydrogens is 721 g/mol. The molecule has 0 bridgehead atoms. The number of nitrogens with one attached hydrogen (secondary N) is 2. The number of oxime groups is 1. The summed E-state index contributed by atoms with van der Waals surface area (Å²) in [5.74, 6) is -4.21. The highest BCUT2D eigenvalue weighted by molar-refractivity contribution is 8.01. The number of hydrogen-bond acceptors (Lipinski definition) is 18. The van der Waals surface area contributed by atoms with Crippen LogP contribution in [0.2, 0.25) is 0 Å². The van der Waals surface area contributed by atoms with E-state index in [9.17, 15) is 34.2 Å². The van der Waals surface area contributed by atoms with E-state index in [1.807, 2.05) is 0 Å². The molecule has 0 unspecified atom stereocenters. The van der Waals surface area contributed by atoms with Crippen molar-refractivity contribution in [3.05, 3.63) is 62.3 Å². The molecule has 1 fully saturated rings. The Morgan fingerprint density at radius 3 is 2.72 bits per heavy atom. The molecule has 2 aliphatic rings. The van der Waals surface area contributed by atoms with Crippen LogP contribution in [-0.4, -0.2) is 107 Å². The lowest BCUT2D eigenvalue weighted by molar-refractivity contribution is -0.150. The van der Waals surface area contributed by atoms with Gasteiger partial charge in [0.1, 0.15) is 27.8 Å². The number of carboxylic acid groups (broad SMARTS) is 1. The van der Waals surface area contributed by atoms with Gasteiger partial charge in [0.25, 0.3) is 23.2 Å². The number of nitrogen functional groups attached to an aromatic ring is 1. The van der Waals surface area contributed by atoms with E-state index in [2.05, 4.69) is 35.5 Å². The summed E-state index contributed by atoms with van der Waals surface area (Å²) in [5, 5.41) is 40.5. The van der Waals surface area contributed by atoms with E-state index in [0.717, 1.165) is 27.0 Å². The fraction of sp³-hybridized carbons (Fsp3) is 0.269. The Hall–Kier alpha value is -5.59. The number of carbonyl (C=O) groups excluding carboxylic acids is 3. The van der Waals surface area contributed by atoms with E-state index in [4.69, 9.17) is 15.8 Å². The van der Waals surface area contributed by atoms with E-state index in [-0.39, 0.29) is 57.8 Å². The van der Waals surface area contributed by atoms with Gasteiger partial charge in [-0.2, -0.15) is 9.50 Å². The predicted octanol–water partition coefficient (Wildman–Crippen LogP) is -1.16. The Balaban J connectivity index is 1.19. The number of thioether (sulfide) groups is 2. The number of aliphatic carboxylic acids is 1. The highest BCUT2D eigenvalue weighted by Crippen LogP contribution is 2.41. The fourth-order valence-electron chi connectivity index (χ4n) is 4.82. The quantitative estimate of drug-likeness (QED) is 0.0264. The first kappa shape index (κ1) is 34.3. The number of carbonyl (C=O) groups is 4. The average Bonchev–Trinajstić information content (AvgIpc) is 3.72. The number of fused-ring (bicyclic) bond motifs is 2. The lowest BCUT2D eigenvalue weighted by Crippen LogP contribution is -2.71. The van der Waals surface area contributed by atoms with Crippen molar-refractivity contribution >= 4 is 75.2 Å². The minimum Gasteiger partial charge on any atom is -0.502 e. The first-order valence-corrected chi connectivity index (χ1v) is 17.0. The highest BCUT2D eigenvalue weighted by atomic mass is 32.2. The van der Waals surface area contributed by atoms with Gasteiger partial charge in [-0.1, -0.05) is 5.16 Å². The van der Waals surface area contributed by atoms with Crippen LogP contribution in [0.4, 0.5) is 5.13 Å². The molecule has 0 radical (unpaired) electrons. The number of nitrogens with two attached hydrogens (primary N) is 1. The van der Waals surface area contributed by atoms with Gasteiger partial charge in [-0.05, 0) is 18.6 Å². The van der Waals surface area contributed by atoms with Gasteiger partial charge in [0.15, 0.2) is 29.0 Å². The number of β-lactam (4-membered cyclic amide) rings is 1. The number of aryl methyl sites for hydroxylation is 1. The minimum atomic E-state index is -1.34. The van der Waals surface area contributed by atoms with Crippen molar-refractivity contribution in [1.29, 1.82) is 0 Å². The third kappa shape index (κ3) is 6.42. The SMILES string of the molecule is Cc1cc(SCC2=C(C(=O)O)N3C(=O)[C@@H](NC(=O)C(=NOCc4ncc(O)c(=O)n4C)c4csc(N)n4)[C@H]3SC2)n2nc(C(=O)NO)nc2n1. The van der Waals surface area contributed by atoms with E-state index in [1.165, 1.54) is 45.9 Å². The molecule has 24 heteroatoms. The number of hydroxylamine groups is 1. The summed E-state index contributed by atoms with van der Waals surface area (Å²) in [6.45, 7) is 1.33. The fourth-order valence-corrected chi connectivity index (χ4v) is 7.91. The second-order valence-corrected chi connectivity index (χ2v) is 13.4. The summed E-state index contributed by atoms with van der Waals surface area (Å²) in [6.07, 6.45) is 0.950. The van der Waals surface area contributed by atoms with Crippen molar-refractivity contribution in [2.45, 2.75) is 30.0 Å². The molecule has 2 atom stereocenters. The summed E-state index contributed by atoms with van der Waals surface area (Å²) < 4.78 is 2.32. The van der Waals surface area contributed by atoms with Gasteiger partial charge in [-0.3, -0.25) is 33.9 Å². The van der Waals surface area contributed by atoms with Crippen molar-refractivity contribution in [2.24, 2.45) is 12.2 Å². The number of hydrogen-bond donors (Lipinski definition) is 6. The second-order valence-electron chi connectivity index (χ2n) is 10.4. The van der Waals surface area contributed by atoms with E-state index >= 15 is 0 Å². The maximum atomic E-state index is 13.5. The topological polar surface area (TPSA) is 295 Å². The zero-order valence-electron chi connectivity index (χ0n) is 25.6. The normalized spacial score (nSPS) is 17.4. The Labute approximate surface area is 291 Å². The average molecular weight is 745 g/mol. The second kappa shape index (κ2) is 13.7. The van der Waals surface area contributed by atoms with Gasteiger partial charge in [-0.15, -0.1) is 40.0 Å². The molecule has 50 heavy (non-hydrogen) atoms. The van der Waals surface area contributed by atoms with Gasteiger partial charge in [0.05, 0.1) is 6.20 Å². The Kier molecular flexibility index (Phi) is 9.41. The van der Waals surface area contributed by atoms with E-state index < -0.39 is 46.4 Å². The summed E-state index contributed by atoms with van der Waals surface area (Å²) in [5.41, 5.74) is 6.93. The number of aromatic hydroxyl groups is 1. The Bertz CT molecular complexity index is 2200. The number of amides is 3. The van der Waals surface area contributed by atoms with Crippen LogP contribution in [0.3, 0.4) is 0 Å².